The highest BCUT2D eigenvalue weighted by molar-refractivity contribution is 8.34. The highest BCUT2D eigenvalue weighted by Gasteiger charge is 2.39. The van der Waals surface area contributed by atoms with Crippen molar-refractivity contribution in [1.82, 2.24) is 0 Å². The zero-order chi connectivity index (χ0) is 26.0. The van der Waals surface area contributed by atoms with Gasteiger partial charge in [-0.1, -0.05) is 70.9 Å². The highest BCUT2D eigenvalue weighted by Crippen LogP contribution is 2.72. The zero-order valence-corrected chi connectivity index (χ0v) is 24.7. The van der Waals surface area contributed by atoms with Crippen molar-refractivity contribution in [3.05, 3.63) is 119 Å². The van der Waals surface area contributed by atoms with Gasteiger partial charge in [0.05, 0.1) is 17.5 Å². The van der Waals surface area contributed by atoms with E-state index < -0.39 is 20.4 Å². The van der Waals surface area contributed by atoms with Crippen LogP contribution in [0.25, 0.3) is 0 Å². The molecule has 0 N–H and O–H groups in total. The van der Waals surface area contributed by atoms with Gasteiger partial charge in [-0.2, -0.15) is 8.42 Å². The third-order valence-corrected chi connectivity index (χ3v) is 14.7. The van der Waals surface area contributed by atoms with Crippen LogP contribution in [0, 0.1) is 20.8 Å². The van der Waals surface area contributed by atoms with Crippen molar-refractivity contribution in [3.63, 3.8) is 0 Å². The summed E-state index contributed by atoms with van der Waals surface area (Å²) >= 11 is 4.97. The summed E-state index contributed by atoms with van der Waals surface area (Å²) in [5.74, 6) is 0. The van der Waals surface area contributed by atoms with Crippen LogP contribution in [-0.2, 0) is 13.7 Å². The first kappa shape index (κ1) is 26.3. The molecule has 0 aliphatic heterocycles. The predicted molar refractivity (Wildman–Crippen MR) is 157 cm³/mol. The first-order valence-electron chi connectivity index (χ1n) is 11.6. The lowest BCUT2D eigenvalue weighted by molar-refractivity contribution is 0.509. The summed E-state index contributed by atoms with van der Waals surface area (Å²) in [5, 5.41) is 2.06. The van der Waals surface area contributed by atoms with Gasteiger partial charge in [0.15, 0.2) is 0 Å². The average molecular weight is 583 g/mol. The lowest BCUT2D eigenvalue weighted by Gasteiger charge is -2.38. The molecule has 0 spiro atoms. The van der Waals surface area contributed by atoms with E-state index in [1.165, 1.54) is 4.21 Å². The highest BCUT2D eigenvalue weighted by atomic mass is 32.3. The van der Waals surface area contributed by atoms with E-state index >= 15 is 0 Å². The molecule has 0 saturated carbocycles. The van der Waals surface area contributed by atoms with Crippen LogP contribution in [0.4, 0.5) is 0 Å². The number of hydrogen-bond acceptors (Lipinski definition) is 6. The fourth-order valence-corrected chi connectivity index (χ4v) is 13.2. The van der Waals surface area contributed by atoms with Gasteiger partial charge in [0.25, 0.3) is 0 Å². The second-order valence-corrected chi connectivity index (χ2v) is 16.9. The molecule has 8 heteroatoms. The zero-order valence-electron chi connectivity index (χ0n) is 20.6. The molecule has 0 amide bonds. The number of rotatable bonds is 8. The van der Waals surface area contributed by atoms with Gasteiger partial charge in [0, 0.05) is 9.79 Å². The van der Waals surface area contributed by atoms with Gasteiger partial charge < -0.3 is 0 Å². The number of aryl methyl sites for hydroxylation is 3. The topological polar surface area (TPSA) is 43.4 Å². The molecule has 2 heterocycles. The Morgan fingerprint density at radius 2 is 1.14 bits per heavy atom. The van der Waals surface area contributed by atoms with Crippen molar-refractivity contribution < 1.29 is 12.0 Å². The maximum Gasteiger partial charge on any atom is 0.307 e. The van der Waals surface area contributed by atoms with Crippen LogP contribution in [0.1, 0.15) is 16.7 Å². The standard InChI is InChI=1S/C29H26O3S5/c1-21-6-12-24(13-7-21)36(25-14-8-22(2)9-15-25,32-37(30,31)26-16-10-23(3)11-17-26)29-19-18-28(35-29)34-27-5-4-20-33-27/h4-20H,1-3H3. The van der Waals surface area contributed by atoms with Crippen LogP contribution in [0.2, 0.25) is 0 Å². The van der Waals surface area contributed by atoms with E-state index in [0.29, 0.717) is 0 Å². The molecular weight excluding hydrogens is 557 g/mol. The molecule has 3 aromatic carbocycles. The summed E-state index contributed by atoms with van der Waals surface area (Å²) in [4.78, 5) is 1.83. The van der Waals surface area contributed by atoms with Gasteiger partial charge in [-0.3, -0.25) is 0 Å². The Morgan fingerprint density at radius 1 is 0.622 bits per heavy atom. The summed E-state index contributed by atoms with van der Waals surface area (Å²) in [6.07, 6.45) is 0. The Morgan fingerprint density at radius 3 is 1.62 bits per heavy atom. The molecular formula is C29H26O3S5. The first-order valence-corrected chi connectivity index (χ1v) is 17.0. The molecule has 5 aromatic rings. The smallest absolute Gasteiger partial charge is 0.202 e. The third-order valence-electron chi connectivity index (χ3n) is 5.74. The summed E-state index contributed by atoms with van der Waals surface area (Å²) in [6.45, 7) is 5.98. The molecule has 0 atom stereocenters. The molecule has 0 bridgehead atoms. The van der Waals surface area contributed by atoms with Gasteiger partial charge in [0.2, 0.25) is 0 Å². The Bertz CT molecular complexity index is 1540. The SMILES string of the molecule is Cc1ccc(S(OS(=O)(=O)c2ccc(C)cc2)(c2ccc(C)cc2)c2ccc(Sc3cccs3)s2)cc1. The van der Waals surface area contributed by atoms with Crippen molar-refractivity contribution in [2.24, 2.45) is 0 Å². The number of benzene rings is 3. The summed E-state index contributed by atoms with van der Waals surface area (Å²) in [7, 11) is -6.72. The molecule has 5 rings (SSSR count). The summed E-state index contributed by atoms with van der Waals surface area (Å²) in [5.41, 5.74) is 3.19. The van der Waals surface area contributed by atoms with Crippen LogP contribution in [-0.4, -0.2) is 8.42 Å². The predicted octanol–water partition coefficient (Wildman–Crippen LogP) is 9.49. The van der Waals surface area contributed by atoms with Crippen LogP contribution in [0.3, 0.4) is 0 Å². The van der Waals surface area contributed by atoms with Crippen LogP contribution >= 0.6 is 44.7 Å². The van der Waals surface area contributed by atoms with Gasteiger partial charge in [-0.05, 0) is 91.1 Å². The second kappa shape index (κ2) is 10.8. The molecule has 0 unspecified atom stereocenters. The third kappa shape index (κ3) is 5.60. The Balaban J connectivity index is 1.73. The molecule has 0 fully saturated rings. The average Bonchev–Trinajstić information content (AvgIpc) is 3.57. The maximum atomic E-state index is 13.9. The Kier molecular flexibility index (Phi) is 7.68. The number of hydrogen-bond donors (Lipinski definition) is 0. The largest absolute Gasteiger partial charge is 0.307 e. The lowest BCUT2D eigenvalue weighted by Crippen LogP contribution is -2.14. The molecule has 37 heavy (non-hydrogen) atoms. The van der Waals surface area contributed by atoms with E-state index in [1.807, 2.05) is 81.4 Å². The van der Waals surface area contributed by atoms with E-state index in [9.17, 15) is 8.42 Å². The monoisotopic (exact) mass is 582 g/mol. The number of thiophene rings is 2. The molecule has 0 saturated heterocycles. The van der Waals surface area contributed by atoms with E-state index in [1.54, 1.807) is 58.7 Å². The first-order chi connectivity index (χ1) is 17.8. The summed E-state index contributed by atoms with van der Waals surface area (Å²) < 4.78 is 37.4. The Hall–Kier alpha value is -2.33. The van der Waals surface area contributed by atoms with Gasteiger partial charge in [0.1, 0.15) is 0 Å². The molecule has 0 aliphatic carbocycles. The van der Waals surface area contributed by atoms with Gasteiger partial charge in [-0.15, -0.1) is 22.7 Å². The molecule has 0 radical (unpaired) electrons. The fraction of sp³-hybridized carbons (Fsp3) is 0.103. The molecule has 3 nitrogen and oxygen atoms in total. The minimum atomic E-state index is -4.10. The molecule has 0 aliphatic rings. The van der Waals surface area contributed by atoms with E-state index in [2.05, 4.69) is 17.5 Å². The maximum absolute atomic E-state index is 13.9. The van der Waals surface area contributed by atoms with Crippen molar-refractivity contribution in [1.29, 1.82) is 0 Å². The molecule has 2 aromatic heterocycles. The minimum absolute atomic E-state index is 0.152. The van der Waals surface area contributed by atoms with Crippen molar-refractivity contribution in [2.45, 2.75) is 48.1 Å². The van der Waals surface area contributed by atoms with Crippen LogP contribution in [0.5, 0.6) is 0 Å². The van der Waals surface area contributed by atoms with Crippen molar-refractivity contribution in [2.75, 3.05) is 0 Å². The van der Waals surface area contributed by atoms with E-state index in [0.717, 1.165) is 34.9 Å². The fourth-order valence-electron chi connectivity index (χ4n) is 3.75. The second-order valence-electron chi connectivity index (χ2n) is 8.63. The van der Waals surface area contributed by atoms with Crippen molar-refractivity contribution >= 4 is 54.9 Å². The Labute approximate surface area is 232 Å². The van der Waals surface area contributed by atoms with Gasteiger partial charge >= 0.3 is 10.1 Å². The normalized spacial score (nSPS) is 12.5. The minimum Gasteiger partial charge on any atom is -0.202 e. The van der Waals surface area contributed by atoms with E-state index in [4.69, 9.17) is 3.63 Å². The van der Waals surface area contributed by atoms with Gasteiger partial charge in [-0.25, -0.2) is 3.63 Å². The van der Waals surface area contributed by atoms with Crippen LogP contribution < -0.4 is 0 Å². The molecule has 190 valence electrons. The van der Waals surface area contributed by atoms with Crippen LogP contribution in [0.15, 0.2) is 130 Å². The summed E-state index contributed by atoms with van der Waals surface area (Å²) in [6, 6.07) is 31.1. The van der Waals surface area contributed by atoms with E-state index in [-0.39, 0.29) is 4.90 Å². The van der Waals surface area contributed by atoms with Crippen molar-refractivity contribution in [3.8, 4) is 0 Å². The lowest BCUT2D eigenvalue weighted by atomic mass is 10.2. The quantitative estimate of drug-likeness (QED) is 0.183.